The Kier molecular flexibility index (Phi) is 6.15. The number of aromatic nitrogens is 4. The number of ether oxygens (including phenoxy) is 1. The van der Waals surface area contributed by atoms with Crippen molar-refractivity contribution in [2.45, 2.75) is 13.0 Å². The second-order valence-corrected chi connectivity index (χ2v) is 8.68. The molecule has 2 N–H and O–H groups in total. The summed E-state index contributed by atoms with van der Waals surface area (Å²) in [5, 5.41) is 11.8. The molecule has 4 aromatic rings. The van der Waals surface area contributed by atoms with Crippen molar-refractivity contribution in [2.24, 2.45) is 0 Å². The van der Waals surface area contributed by atoms with Gasteiger partial charge in [-0.3, -0.25) is 9.78 Å². The van der Waals surface area contributed by atoms with E-state index in [0.717, 1.165) is 5.56 Å². The maximum absolute atomic E-state index is 13.6. The van der Waals surface area contributed by atoms with E-state index in [-0.39, 0.29) is 5.91 Å². The maximum atomic E-state index is 13.6. The molecule has 2 aromatic heterocycles. The molecule has 0 bridgehead atoms. The topological polar surface area (TPSA) is 94.0 Å². The van der Waals surface area contributed by atoms with Gasteiger partial charge in [-0.05, 0) is 48.9 Å². The highest BCUT2D eigenvalue weighted by molar-refractivity contribution is 6.36. The molecular weight excluding hydrogens is 487 g/mol. The summed E-state index contributed by atoms with van der Waals surface area (Å²) < 4.78 is 7.06. The van der Waals surface area contributed by atoms with E-state index in [9.17, 15) is 4.79 Å². The minimum atomic E-state index is -0.581. The highest BCUT2D eigenvalue weighted by atomic mass is 35.5. The molecule has 5 rings (SSSR count). The molecule has 35 heavy (non-hydrogen) atoms. The van der Waals surface area contributed by atoms with Gasteiger partial charge in [0, 0.05) is 28.7 Å². The molecular formula is C25H20Cl2N6O2. The SMILES string of the molecule is COc1ccccc1NC(=O)C1=C(C)Nc2nc(-c3ccc(Cl)cc3Cl)nn2C1c1cccnc1. The molecule has 8 nitrogen and oxygen atoms in total. The Morgan fingerprint density at radius 3 is 2.71 bits per heavy atom. The van der Waals surface area contributed by atoms with E-state index in [4.69, 9.17) is 33.0 Å². The van der Waals surface area contributed by atoms with Gasteiger partial charge in [-0.25, -0.2) is 4.68 Å². The van der Waals surface area contributed by atoms with Crippen molar-refractivity contribution in [2.75, 3.05) is 17.7 Å². The lowest BCUT2D eigenvalue weighted by Crippen LogP contribution is -2.31. The van der Waals surface area contributed by atoms with E-state index < -0.39 is 6.04 Å². The minimum Gasteiger partial charge on any atom is -0.495 e. The maximum Gasteiger partial charge on any atom is 0.255 e. The number of methoxy groups -OCH3 is 1. The normalized spacial score (nSPS) is 14.8. The number of amides is 1. The van der Waals surface area contributed by atoms with Gasteiger partial charge in [0.1, 0.15) is 11.8 Å². The summed E-state index contributed by atoms with van der Waals surface area (Å²) in [7, 11) is 1.56. The fraction of sp³-hybridized carbons (Fsp3) is 0.120. The van der Waals surface area contributed by atoms with Crippen LogP contribution in [0.5, 0.6) is 5.75 Å². The zero-order valence-corrected chi connectivity index (χ0v) is 20.3. The number of hydrogen-bond acceptors (Lipinski definition) is 6. The van der Waals surface area contributed by atoms with Gasteiger partial charge < -0.3 is 15.4 Å². The van der Waals surface area contributed by atoms with Gasteiger partial charge in [0.2, 0.25) is 5.95 Å². The average Bonchev–Trinajstić information content (AvgIpc) is 3.27. The van der Waals surface area contributed by atoms with E-state index in [2.05, 4.69) is 20.6 Å². The number of nitrogens with one attached hydrogen (secondary N) is 2. The van der Waals surface area contributed by atoms with Crippen LogP contribution in [0.25, 0.3) is 11.4 Å². The second-order valence-electron chi connectivity index (χ2n) is 7.83. The number of pyridine rings is 1. The Hall–Kier alpha value is -3.88. The molecule has 176 valence electrons. The molecule has 0 fully saturated rings. The molecule has 2 aromatic carbocycles. The molecule has 0 radical (unpaired) electrons. The third kappa shape index (κ3) is 4.34. The van der Waals surface area contributed by atoms with Gasteiger partial charge in [0.25, 0.3) is 5.91 Å². The molecule has 1 unspecified atom stereocenters. The van der Waals surface area contributed by atoms with Crippen LogP contribution in [0.3, 0.4) is 0 Å². The van der Waals surface area contributed by atoms with Crippen LogP contribution in [0.1, 0.15) is 18.5 Å². The molecule has 0 saturated heterocycles. The van der Waals surface area contributed by atoms with Crippen molar-refractivity contribution in [3.63, 3.8) is 0 Å². The fourth-order valence-electron chi connectivity index (χ4n) is 4.01. The lowest BCUT2D eigenvalue weighted by molar-refractivity contribution is -0.113. The Morgan fingerprint density at radius 2 is 1.97 bits per heavy atom. The van der Waals surface area contributed by atoms with Crippen LogP contribution in [0.2, 0.25) is 10.0 Å². The number of rotatable bonds is 5. The monoisotopic (exact) mass is 506 g/mol. The Bertz CT molecular complexity index is 1450. The van der Waals surface area contributed by atoms with E-state index in [0.29, 0.717) is 50.1 Å². The Morgan fingerprint density at radius 1 is 1.14 bits per heavy atom. The highest BCUT2D eigenvalue weighted by Crippen LogP contribution is 2.38. The van der Waals surface area contributed by atoms with Crippen molar-refractivity contribution < 1.29 is 9.53 Å². The van der Waals surface area contributed by atoms with Crippen molar-refractivity contribution >= 4 is 40.7 Å². The zero-order chi connectivity index (χ0) is 24.5. The smallest absolute Gasteiger partial charge is 0.255 e. The number of hydrogen-bond donors (Lipinski definition) is 2. The number of allylic oxidation sites excluding steroid dienone is 1. The van der Waals surface area contributed by atoms with Crippen LogP contribution in [-0.2, 0) is 4.79 Å². The van der Waals surface area contributed by atoms with Gasteiger partial charge in [-0.2, -0.15) is 4.98 Å². The second kappa shape index (κ2) is 9.40. The third-order valence-electron chi connectivity index (χ3n) is 5.62. The summed E-state index contributed by atoms with van der Waals surface area (Å²) in [6.45, 7) is 1.83. The number of nitrogens with zero attached hydrogens (tertiary/aromatic N) is 4. The molecule has 1 atom stereocenters. The number of para-hydroxylation sites is 2. The fourth-order valence-corrected chi connectivity index (χ4v) is 4.51. The lowest BCUT2D eigenvalue weighted by Gasteiger charge is -2.28. The first-order valence-corrected chi connectivity index (χ1v) is 11.5. The number of fused-ring (bicyclic) bond motifs is 1. The predicted octanol–water partition coefficient (Wildman–Crippen LogP) is 5.58. The first-order valence-electron chi connectivity index (χ1n) is 10.7. The van der Waals surface area contributed by atoms with Crippen molar-refractivity contribution in [1.82, 2.24) is 19.7 Å². The first-order chi connectivity index (χ1) is 17.0. The van der Waals surface area contributed by atoms with Crippen LogP contribution in [0.4, 0.5) is 11.6 Å². The van der Waals surface area contributed by atoms with Gasteiger partial charge in [-0.15, -0.1) is 5.10 Å². The number of carbonyl (C=O) groups excluding carboxylic acids is 1. The van der Waals surface area contributed by atoms with Gasteiger partial charge >= 0.3 is 0 Å². The zero-order valence-electron chi connectivity index (χ0n) is 18.8. The van der Waals surface area contributed by atoms with E-state index in [1.54, 1.807) is 54.5 Å². The molecule has 1 aliphatic heterocycles. The van der Waals surface area contributed by atoms with Crippen LogP contribution >= 0.6 is 23.2 Å². The quantitative estimate of drug-likeness (QED) is 0.366. The molecule has 10 heteroatoms. The molecule has 1 aliphatic rings. The molecule has 0 saturated carbocycles. The van der Waals surface area contributed by atoms with E-state index >= 15 is 0 Å². The number of halogens is 2. The molecule has 0 aliphatic carbocycles. The van der Waals surface area contributed by atoms with Crippen LogP contribution in [0.15, 0.2) is 78.3 Å². The van der Waals surface area contributed by atoms with Gasteiger partial charge in [0.15, 0.2) is 5.82 Å². The summed E-state index contributed by atoms with van der Waals surface area (Å²) in [5.74, 6) is 1.14. The largest absolute Gasteiger partial charge is 0.495 e. The summed E-state index contributed by atoms with van der Waals surface area (Å²) in [5.41, 5.74) is 3.07. The van der Waals surface area contributed by atoms with Crippen molar-refractivity contribution in [3.05, 3.63) is 93.9 Å². The standard InChI is InChI=1S/C25H20Cl2N6O2/c1-14-21(24(34)30-19-7-3-4-8-20(19)35-2)22(15-6-5-11-28-13-15)33-25(29-14)31-23(32-33)17-10-9-16(26)12-18(17)27/h3-13,22H,1-2H3,(H,30,34)(H,29,31,32). The van der Waals surface area contributed by atoms with Gasteiger partial charge in [-0.1, -0.05) is 41.4 Å². The predicted molar refractivity (Wildman–Crippen MR) is 136 cm³/mol. The number of anilines is 2. The van der Waals surface area contributed by atoms with Gasteiger partial charge in [0.05, 0.1) is 23.4 Å². The van der Waals surface area contributed by atoms with Crippen LogP contribution < -0.4 is 15.4 Å². The average molecular weight is 507 g/mol. The van der Waals surface area contributed by atoms with E-state index in [1.807, 2.05) is 31.2 Å². The van der Waals surface area contributed by atoms with E-state index in [1.165, 1.54) is 0 Å². The molecule has 1 amide bonds. The molecule has 3 heterocycles. The Labute approximate surface area is 211 Å². The Balaban J connectivity index is 1.60. The molecule has 0 spiro atoms. The summed E-state index contributed by atoms with van der Waals surface area (Å²) in [4.78, 5) is 22.5. The summed E-state index contributed by atoms with van der Waals surface area (Å²) in [6.07, 6.45) is 3.39. The third-order valence-corrected chi connectivity index (χ3v) is 6.17. The minimum absolute atomic E-state index is 0.305. The van der Waals surface area contributed by atoms with Crippen LogP contribution in [0, 0.1) is 0 Å². The number of benzene rings is 2. The highest BCUT2D eigenvalue weighted by Gasteiger charge is 2.35. The van der Waals surface area contributed by atoms with Crippen LogP contribution in [-0.4, -0.2) is 32.8 Å². The lowest BCUT2D eigenvalue weighted by atomic mass is 9.96. The summed E-state index contributed by atoms with van der Waals surface area (Å²) >= 11 is 12.5. The number of carbonyl (C=O) groups is 1. The van der Waals surface area contributed by atoms with Crippen molar-refractivity contribution in [1.29, 1.82) is 0 Å². The summed E-state index contributed by atoms with van der Waals surface area (Å²) in [6, 6.07) is 15.5. The first kappa shape index (κ1) is 22.9. The van der Waals surface area contributed by atoms with Crippen molar-refractivity contribution in [3.8, 4) is 17.1 Å².